The maximum atomic E-state index is 12.5. The van der Waals surface area contributed by atoms with Crippen molar-refractivity contribution in [1.82, 2.24) is 10.2 Å². The molecule has 1 aliphatic carbocycles. The minimum Gasteiger partial charge on any atom is -0.459 e. The van der Waals surface area contributed by atoms with Crippen LogP contribution in [0.25, 0.3) is 0 Å². The Bertz CT molecular complexity index is 692. The Morgan fingerprint density at radius 3 is 2.74 bits per heavy atom. The van der Waals surface area contributed by atoms with Crippen LogP contribution in [0.3, 0.4) is 0 Å². The summed E-state index contributed by atoms with van der Waals surface area (Å²) in [5, 5.41) is 5.03. The van der Waals surface area contributed by atoms with Crippen LogP contribution in [0.2, 0.25) is 0 Å². The van der Waals surface area contributed by atoms with Gasteiger partial charge in [-0.25, -0.2) is 0 Å². The van der Waals surface area contributed by atoms with Gasteiger partial charge in [-0.3, -0.25) is 9.59 Å². The maximum absolute atomic E-state index is 12.5. The van der Waals surface area contributed by atoms with Crippen LogP contribution in [0.1, 0.15) is 33.1 Å². The van der Waals surface area contributed by atoms with Crippen molar-refractivity contribution in [3.63, 3.8) is 0 Å². The van der Waals surface area contributed by atoms with Gasteiger partial charge in [-0.15, -0.1) is 11.3 Å². The second kappa shape index (κ2) is 5.85. The lowest BCUT2D eigenvalue weighted by atomic mass is 9.98. The summed E-state index contributed by atoms with van der Waals surface area (Å²) >= 11 is 1.44. The van der Waals surface area contributed by atoms with Crippen LogP contribution in [0.5, 0.6) is 0 Å². The van der Waals surface area contributed by atoms with Gasteiger partial charge < -0.3 is 14.6 Å². The van der Waals surface area contributed by atoms with Gasteiger partial charge >= 0.3 is 0 Å². The van der Waals surface area contributed by atoms with Gasteiger partial charge in [-0.2, -0.15) is 0 Å². The molecule has 0 aromatic carbocycles. The van der Waals surface area contributed by atoms with E-state index in [2.05, 4.69) is 5.32 Å². The molecule has 2 fully saturated rings. The summed E-state index contributed by atoms with van der Waals surface area (Å²) in [6, 6.07) is 7.13. The Kier molecular flexibility index (Phi) is 3.69. The summed E-state index contributed by atoms with van der Waals surface area (Å²) in [5.74, 6) is 1.21. The van der Waals surface area contributed by atoms with E-state index >= 15 is 0 Å². The Morgan fingerprint density at radius 2 is 2.09 bits per heavy atom. The third-order valence-corrected chi connectivity index (χ3v) is 5.54. The number of nitrogens with zero attached hydrogens (tertiary/aromatic N) is 1. The van der Waals surface area contributed by atoms with Gasteiger partial charge in [0.1, 0.15) is 0 Å². The van der Waals surface area contributed by atoms with Gasteiger partial charge in [-0.1, -0.05) is 6.07 Å². The van der Waals surface area contributed by atoms with Crippen molar-refractivity contribution < 1.29 is 14.0 Å². The number of carbonyl (C=O) groups excluding carboxylic acids is 2. The van der Waals surface area contributed by atoms with E-state index in [1.54, 1.807) is 17.0 Å². The first-order chi connectivity index (χ1) is 11.2. The van der Waals surface area contributed by atoms with Crippen LogP contribution >= 0.6 is 11.3 Å². The monoisotopic (exact) mass is 330 g/mol. The zero-order chi connectivity index (χ0) is 15.8. The molecule has 2 aliphatic rings. The van der Waals surface area contributed by atoms with Crippen molar-refractivity contribution in [3.8, 4) is 0 Å². The molecule has 0 unspecified atom stereocenters. The standard InChI is InChI=1S/C17H18N2O3S/c20-16(15-4-2-8-23-15)18-13-10-19(9-12(13)11-5-6-11)17(21)14-3-1-7-22-14/h1-4,7-8,11-13H,5-6,9-10H2,(H,18,20)/t12-,13+/m1/s1. The second-order valence-electron chi connectivity index (χ2n) is 6.25. The highest BCUT2D eigenvalue weighted by Crippen LogP contribution is 2.41. The molecule has 2 aromatic heterocycles. The Labute approximate surface area is 138 Å². The molecule has 2 atom stereocenters. The Hall–Kier alpha value is -2.08. The molecule has 3 heterocycles. The third kappa shape index (κ3) is 2.91. The molecule has 0 radical (unpaired) electrons. The fourth-order valence-electron chi connectivity index (χ4n) is 3.35. The molecule has 6 heteroatoms. The lowest BCUT2D eigenvalue weighted by Crippen LogP contribution is -2.41. The van der Waals surface area contributed by atoms with Crippen molar-refractivity contribution in [1.29, 1.82) is 0 Å². The molecule has 5 nitrogen and oxygen atoms in total. The molecule has 1 N–H and O–H groups in total. The highest BCUT2D eigenvalue weighted by Gasteiger charge is 2.44. The van der Waals surface area contributed by atoms with E-state index in [0.717, 1.165) is 4.88 Å². The fraction of sp³-hybridized carbons (Fsp3) is 0.412. The van der Waals surface area contributed by atoms with Crippen LogP contribution in [0.15, 0.2) is 40.3 Å². The van der Waals surface area contributed by atoms with Crippen molar-refractivity contribution in [2.75, 3.05) is 13.1 Å². The third-order valence-electron chi connectivity index (χ3n) is 4.67. The number of furan rings is 1. The van der Waals surface area contributed by atoms with Crippen molar-refractivity contribution >= 4 is 23.2 Å². The highest BCUT2D eigenvalue weighted by atomic mass is 32.1. The quantitative estimate of drug-likeness (QED) is 0.937. The van der Waals surface area contributed by atoms with Gasteiger partial charge in [0.15, 0.2) is 5.76 Å². The van der Waals surface area contributed by atoms with E-state index in [0.29, 0.717) is 30.7 Å². The number of rotatable bonds is 4. The zero-order valence-corrected chi connectivity index (χ0v) is 13.4. The summed E-state index contributed by atoms with van der Waals surface area (Å²) in [6.45, 7) is 1.25. The van der Waals surface area contributed by atoms with Crippen molar-refractivity contribution in [2.45, 2.75) is 18.9 Å². The number of amides is 2. The van der Waals surface area contributed by atoms with E-state index in [1.165, 1.54) is 30.4 Å². The average molecular weight is 330 g/mol. The second-order valence-corrected chi connectivity index (χ2v) is 7.19. The van der Waals surface area contributed by atoms with E-state index in [4.69, 9.17) is 4.42 Å². The Balaban J connectivity index is 1.47. The van der Waals surface area contributed by atoms with Gasteiger partial charge in [0.2, 0.25) is 0 Å². The molecule has 2 amide bonds. The van der Waals surface area contributed by atoms with Gasteiger partial charge in [0, 0.05) is 19.0 Å². The zero-order valence-electron chi connectivity index (χ0n) is 12.6. The molecule has 2 aromatic rings. The lowest BCUT2D eigenvalue weighted by molar-refractivity contribution is 0.0749. The summed E-state index contributed by atoms with van der Waals surface area (Å²) in [4.78, 5) is 27.3. The predicted molar refractivity (Wildman–Crippen MR) is 86.4 cm³/mol. The summed E-state index contributed by atoms with van der Waals surface area (Å²) in [6.07, 6.45) is 3.90. The van der Waals surface area contributed by atoms with E-state index in [1.807, 2.05) is 17.5 Å². The number of carbonyl (C=O) groups is 2. The number of hydrogen-bond donors (Lipinski definition) is 1. The van der Waals surface area contributed by atoms with Crippen LogP contribution in [0, 0.1) is 11.8 Å². The molecule has 23 heavy (non-hydrogen) atoms. The van der Waals surface area contributed by atoms with Crippen LogP contribution in [-0.2, 0) is 0 Å². The molecule has 1 saturated carbocycles. The largest absolute Gasteiger partial charge is 0.459 e. The summed E-state index contributed by atoms with van der Waals surface area (Å²) < 4.78 is 5.22. The van der Waals surface area contributed by atoms with Crippen LogP contribution < -0.4 is 5.32 Å². The molecule has 0 spiro atoms. The van der Waals surface area contributed by atoms with Gasteiger partial charge in [0.05, 0.1) is 17.2 Å². The number of thiophene rings is 1. The van der Waals surface area contributed by atoms with E-state index in [-0.39, 0.29) is 17.9 Å². The fourth-order valence-corrected chi connectivity index (χ4v) is 3.98. The molecule has 1 aliphatic heterocycles. The van der Waals surface area contributed by atoms with Gasteiger partial charge in [-0.05, 0) is 42.3 Å². The minimum absolute atomic E-state index is 0.0241. The maximum Gasteiger partial charge on any atom is 0.289 e. The average Bonchev–Trinajstić information content (AvgIpc) is 3.05. The van der Waals surface area contributed by atoms with Crippen molar-refractivity contribution in [2.24, 2.45) is 11.8 Å². The topological polar surface area (TPSA) is 62.6 Å². The summed E-state index contributed by atoms with van der Waals surface area (Å²) in [5.41, 5.74) is 0. The van der Waals surface area contributed by atoms with E-state index in [9.17, 15) is 9.59 Å². The first-order valence-corrected chi connectivity index (χ1v) is 8.77. The van der Waals surface area contributed by atoms with Crippen LogP contribution in [-0.4, -0.2) is 35.8 Å². The van der Waals surface area contributed by atoms with Gasteiger partial charge in [0.25, 0.3) is 11.8 Å². The normalized spacial score (nSPS) is 23.9. The first kappa shape index (κ1) is 14.5. The minimum atomic E-state index is -0.0893. The highest BCUT2D eigenvalue weighted by molar-refractivity contribution is 7.12. The molecule has 120 valence electrons. The molecule has 4 rings (SSSR count). The van der Waals surface area contributed by atoms with Crippen LogP contribution in [0.4, 0.5) is 0 Å². The SMILES string of the molecule is O=C(N[C@H]1CN(C(=O)c2ccco2)C[C@@H]1C1CC1)c1cccs1. The van der Waals surface area contributed by atoms with E-state index < -0.39 is 0 Å². The number of hydrogen-bond acceptors (Lipinski definition) is 4. The van der Waals surface area contributed by atoms with Crippen molar-refractivity contribution in [3.05, 3.63) is 46.5 Å². The first-order valence-electron chi connectivity index (χ1n) is 7.89. The Morgan fingerprint density at radius 1 is 1.22 bits per heavy atom. The molecule has 0 bridgehead atoms. The smallest absolute Gasteiger partial charge is 0.289 e. The molecule has 1 saturated heterocycles. The predicted octanol–water partition coefficient (Wildman–Crippen LogP) is 2.62. The number of likely N-dealkylation sites (tertiary alicyclic amines) is 1. The number of nitrogens with one attached hydrogen (secondary N) is 1. The summed E-state index contributed by atoms with van der Waals surface area (Å²) in [7, 11) is 0. The molecular weight excluding hydrogens is 312 g/mol. The molecular formula is C17H18N2O3S. The lowest BCUT2D eigenvalue weighted by Gasteiger charge is -2.18.